The monoisotopic (exact) mass is 330 g/mol. The topological polar surface area (TPSA) is 46.5 Å². The maximum absolute atomic E-state index is 12.4. The summed E-state index contributed by atoms with van der Waals surface area (Å²) in [6.07, 6.45) is 6.44. The van der Waals surface area contributed by atoms with E-state index in [-0.39, 0.29) is 0 Å². The number of carbonyl (C=O) groups is 1. The molecule has 2 unspecified atom stereocenters. The van der Waals surface area contributed by atoms with E-state index in [1.807, 2.05) is 24.3 Å². The Morgan fingerprint density at radius 1 is 1.33 bits per heavy atom. The number of esters is 1. The van der Waals surface area contributed by atoms with Crippen LogP contribution in [0.4, 0.5) is 0 Å². The van der Waals surface area contributed by atoms with Crippen LogP contribution in [0.25, 0.3) is 5.57 Å². The zero-order valence-electron chi connectivity index (χ0n) is 14.7. The highest BCUT2D eigenvalue weighted by Gasteiger charge is 2.35. The molecule has 0 saturated carbocycles. The molecule has 3 rings (SSSR count). The van der Waals surface area contributed by atoms with E-state index in [1.165, 1.54) is 5.57 Å². The normalized spacial score (nSPS) is 23.8. The van der Waals surface area contributed by atoms with E-state index in [1.54, 1.807) is 0 Å². The van der Waals surface area contributed by atoms with E-state index < -0.39 is 12.1 Å². The highest BCUT2D eigenvalue weighted by molar-refractivity contribution is 5.80. The van der Waals surface area contributed by atoms with Crippen LogP contribution in [0.5, 0.6) is 0 Å². The van der Waals surface area contributed by atoms with Crippen LogP contribution in [0, 0.1) is 0 Å². The van der Waals surface area contributed by atoms with Crippen LogP contribution in [0.3, 0.4) is 0 Å². The zero-order valence-corrected chi connectivity index (χ0v) is 14.7. The first-order valence-electron chi connectivity index (χ1n) is 8.95. The minimum absolute atomic E-state index is 0.328. The second-order valence-electron chi connectivity index (χ2n) is 7.54. The molecule has 1 saturated heterocycles. The number of nitrogens with zero attached hydrogens (tertiary/aromatic N) is 1. The summed E-state index contributed by atoms with van der Waals surface area (Å²) in [6, 6.07) is 7.96. The lowest BCUT2D eigenvalue weighted by Gasteiger charge is -2.31. The number of quaternary nitrogens is 1. The summed E-state index contributed by atoms with van der Waals surface area (Å²) in [7, 11) is 4.34. The Morgan fingerprint density at radius 3 is 2.79 bits per heavy atom. The number of hydrogen-bond acceptors (Lipinski definition) is 3. The number of hydrogen-bond donors (Lipinski definition) is 1. The Hall–Kier alpha value is -1.65. The van der Waals surface area contributed by atoms with E-state index in [0.29, 0.717) is 18.2 Å². The van der Waals surface area contributed by atoms with Gasteiger partial charge < -0.3 is 14.3 Å². The summed E-state index contributed by atoms with van der Waals surface area (Å²) >= 11 is 0. The summed E-state index contributed by atoms with van der Waals surface area (Å²) in [5.41, 5.74) is 2.87. The lowest BCUT2D eigenvalue weighted by atomic mass is 9.96. The van der Waals surface area contributed by atoms with Crippen LogP contribution in [0.15, 0.2) is 30.3 Å². The summed E-state index contributed by atoms with van der Waals surface area (Å²) in [4.78, 5) is 12.4. The number of likely N-dealkylation sites (tertiary alicyclic amines) is 1. The van der Waals surface area contributed by atoms with E-state index >= 15 is 0 Å². The van der Waals surface area contributed by atoms with Crippen LogP contribution in [-0.4, -0.2) is 48.8 Å². The Kier molecular flexibility index (Phi) is 5.07. The molecule has 1 N–H and O–H groups in total. The van der Waals surface area contributed by atoms with Crippen molar-refractivity contribution in [2.75, 3.05) is 27.2 Å². The van der Waals surface area contributed by atoms with Crippen molar-refractivity contribution in [3.8, 4) is 0 Å². The first kappa shape index (κ1) is 17.2. The van der Waals surface area contributed by atoms with Gasteiger partial charge in [0.2, 0.25) is 0 Å². The van der Waals surface area contributed by atoms with Crippen LogP contribution in [0.2, 0.25) is 0 Å². The van der Waals surface area contributed by atoms with E-state index in [2.05, 4.69) is 20.2 Å². The first-order valence-corrected chi connectivity index (χ1v) is 8.95. The molecule has 0 amide bonds. The third-order valence-corrected chi connectivity index (χ3v) is 5.54. The number of rotatable bonds is 5. The van der Waals surface area contributed by atoms with Gasteiger partial charge in [-0.3, -0.25) is 0 Å². The Labute approximate surface area is 144 Å². The zero-order chi connectivity index (χ0) is 17.2. The van der Waals surface area contributed by atoms with Gasteiger partial charge in [-0.2, -0.15) is 0 Å². The second kappa shape index (κ2) is 7.08. The molecule has 1 aliphatic heterocycles. The Balaban J connectivity index is 1.68. The molecule has 1 aliphatic carbocycles. The molecular weight excluding hydrogens is 302 g/mol. The maximum atomic E-state index is 12.4. The van der Waals surface area contributed by atoms with Gasteiger partial charge in [0.25, 0.3) is 0 Å². The molecule has 130 valence electrons. The molecule has 4 heteroatoms. The molecule has 0 spiro atoms. The quantitative estimate of drug-likeness (QED) is 0.667. The van der Waals surface area contributed by atoms with Crippen molar-refractivity contribution in [2.45, 2.75) is 44.2 Å². The fraction of sp³-hybridized carbons (Fsp3) is 0.550. The van der Waals surface area contributed by atoms with Gasteiger partial charge in [-0.05, 0) is 36.0 Å². The molecule has 1 aromatic rings. The third-order valence-electron chi connectivity index (χ3n) is 5.54. The fourth-order valence-corrected chi connectivity index (χ4v) is 3.88. The van der Waals surface area contributed by atoms with E-state index in [0.717, 1.165) is 48.7 Å². The number of likely N-dealkylation sites (N-methyl/N-ethyl adjacent to an activating group) is 1. The third kappa shape index (κ3) is 3.55. The van der Waals surface area contributed by atoms with Crippen molar-refractivity contribution in [1.82, 2.24) is 0 Å². The molecule has 4 nitrogen and oxygen atoms in total. The molecule has 2 aliphatic rings. The summed E-state index contributed by atoms with van der Waals surface area (Å²) in [6.45, 7) is 1.50. The van der Waals surface area contributed by atoms with E-state index in [9.17, 15) is 9.90 Å². The van der Waals surface area contributed by atoms with Crippen LogP contribution < -0.4 is 0 Å². The van der Waals surface area contributed by atoms with Crippen molar-refractivity contribution >= 4 is 11.5 Å². The van der Waals surface area contributed by atoms with Crippen LogP contribution in [-0.2, 0) is 9.53 Å². The summed E-state index contributed by atoms with van der Waals surface area (Å²) in [5.74, 6) is -0.534. The average Bonchev–Trinajstić information content (AvgIpc) is 3.21. The van der Waals surface area contributed by atoms with Gasteiger partial charge in [0.05, 0.1) is 20.6 Å². The SMILES string of the molecule is C[N+]1(C)CCCC1COC(=O)C(O)c1ccccc1C1=CCCC1. The van der Waals surface area contributed by atoms with Gasteiger partial charge in [0, 0.05) is 12.8 Å². The van der Waals surface area contributed by atoms with Crippen molar-refractivity contribution < 1.29 is 19.1 Å². The minimum atomic E-state index is -1.21. The lowest BCUT2D eigenvalue weighted by molar-refractivity contribution is -0.902. The van der Waals surface area contributed by atoms with Crippen molar-refractivity contribution in [3.63, 3.8) is 0 Å². The number of aliphatic hydroxyl groups excluding tert-OH is 1. The standard InChI is InChI=1S/C20H28NO3/c1-21(2)13-7-10-16(21)14-24-20(23)19(22)18-12-6-5-11-17(18)15-8-3-4-9-15/h5-6,8,11-12,16,19,22H,3-4,7,9-10,13-14H2,1-2H3/q+1. The minimum Gasteiger partial charge on any atom is -0.457 e. The smallest absolute Gasteiger partial charge is 0.339 e. The van der Waals surface area contributed by atoms with Crippen LogP contribution >= 0.6 is 0 Å². The van der Waals surface area contributed by atoms with Crippen LogP contribution in [0.1, 0.15) is 49.3 Å². The molecule has 0 radical (unpaired) electrons. The highest BCUT2D eigenvalue weighted by atomic mass is 16.5. The molecular formula is C20H28NO3+. The van der Waals surface area contributed by atoms with Gasteiger partial charge >= 0.3 is 5.97 Å². The van der Waals surface area contributed by atoms with Crippen molar-refractivity contribution in [1.29, 1.82) is 0 Å². The van der Waals surface area contributed by atoms with Crippen molar-refractivity contribution in [3.05, 3.63) is 41.5 Å². The number of carbonyl (C=O) groups excluding carboxylic acids is 1. The van der Waals surface area contributed by atoms with Gasteiger partial charge in [-0.1, -0.05) is 30.3 Å². The van der Waals surface area contributed by atoms with Crippen molar-refractivity contribution in [2.24, 2.45) is 0 Å². The lowest BCUT2D eigenvalue weighted by Crippen LogP contribution is -2.46. The molecule has 1 heterocycles. The highest BCUT2D eigenvalue weighted by Crippen LogP contribution is 2.33. The fourth-order valence-electron chi connectivity index (χ4n) is 3.88. The summed E-state index contributed by atoms with van der Waals surface area (Å²) < 4.78 is 6.35. The number of aliphatic hydroxyl groups is 1. The molecule has 0 aromatic heterocycles. The predicted molar refractivity (Wildman–Crippen MR) is 94.2 cm³/mol. The van der Waals surface area contributed by atoms with E-state index in [4.69, 9.17) is 4.74 Å². The summed E-state index contributed by atoms with van der Waals surface area (Å²) in [5, 5.41) is 10.5. The molecule has 24 heavy (non-hydrogen) atoms. The van der Waals surface area contributed by atoms with Gasteiger partial charge in [0.1, 0.15) is 12.6 Å². The number of benzene rings is 1. The average molecular weight is 330 g/mol. The molecule has 0 bridgehead atoms. The predicted octanol–water partition coefficient (Wildman–Crippen LogP) is 3.07. The van der Waals surface area contributed by atoms with Gasteiger partial charge in [0.15, 0.2) is 6.10 Å². The Bertz CT molecular complexity index is 636. The largest absolute Gasteiger partial charge is 0.457 e. The Morgan fingerprint density at radius 2 is 2.12 bits per heavy atom. The van der Waals surface area contributed by atoms with Gasteiger partial charge in [-0.15, -0.1) is 0 Å². The molecule has 2 atom stereocenters. The maximum Gasteiger partial charge on any atom is 0.339 e. The number of allylic oxidation sites excluding steroid dienone is 2. The number of ether oxygens (including phenoxy) is 1. The molecule has 1 fully saturated rings. The molecule has 1 aromatic carbocycles. The second-order valence-corrected chi connectivity index (χ2v) is 7.54. The first-order chi connectivity index (χ1) is 11.5. The van der Waals surface area contributed by atoms with Gasteiger partial charge in [-0.25, -0.2) is 4.79 Å².